The molecule has 0 spiro atoms. The van der Waals surface area contributed by atoms with E-state index < -0.39 is 0 Å². The summed E-state index contributed by atoms with van der Waals surface area (Å²) in [5.41, 5.74) is 0.664. The van der Waals surface area contributed by atoms with E-state index in [9.17, 15) is 14.4 Å². The number of hydrogen-bond acceptors (Lipinski definition) is 5. The number of aromatic nitrogens is 1. The molecule has 160 valence electrons. The van der Waals surface area contributed by atoms with E-state index in [1.165, 1.54) is 0 Å². The van der Waals surface area contributed by atoms with E-state index in [1.54, 1.807) is 24.9 Å². The summed E-state index contributed by atoms with van der Waals surface area (Å²) < 4.78 is 5.01. The summed E-state index contributed by atoms with van der Waals surface area (Å²) in [6.45, 7) is 2.58. The molecule has 2 heterocycles. The number of hydrogen-bond donors (Lipinski definition) is 2. The third kappa shape index (κ3) is 6.05. The van der Waals surface area contributed by atoms with Crippen molar-refractivity contribution in [2.24, 2.45) is 11.8 Å². The van der Waals surface area contributed by atoms with E-state index in [-0.39, 0.29) is 48.6 Å². The SMILES string of the molecule is Cc1cc(CNC(=O)C2CCCC(NC(=O)C3CCCC3)CN(C)C(=O)C2)no1. The second-order valence-corrected chi connectivity index (χ2v) is 8.44. The van der Waals surface area contributed by atoms with Crippen LogP contribution in [-0.2, 0) is 20.9 Å². The molecule has 29 heavy (non-hydrogen) atoms. The topological polar surface area (TPSA) is 105 Å². The number of carbonyl (C=O) groups is 3. The van der Waals surface area contributed by atoms with Crippen molar-refractivity contribution in [3.63, 3.8) is 0 Å². The maximum absolute atomic E-state index is 12.6. The maximum Gasteiger partial charge on any atom is 0.223 e. The smallest absolute Gasteiger partial charge is 0.223 e. The molecule has 1 aliphatic heterocycles. The zero-order chi connectivity index (χ0) is 20.8. The van der Waals surface area contributed by atoms with Gasteiger partial charge in [0.05, 0.1) is 6.54 Å². The average Bonchev–Trinajstić information content (AvgIpc) is 3.36. The lowest BCUT2D eigenvalue weighted by Gasteiger charge is -2.25. The molecular weight excluding hydrogens is 372 g/mol. The van der Waals surface area contributed by atoms with Gasteiger partial charge in [0.15, 0.2) is 0 Å². The van der Waals surface area contributed by atoms with Crippen molar-refractivity contribution in [3.8, 4) is 0 Å². The lowest BCUT2D eigenvalue weighted by molar-refractivity contribution is -0.135. The Morgan fingerprint density at radius 3 is 2.55 bits per heavy atom. The van der Waals surface area contributed by atoms with Gasteiger partial charge in [0, 0.05) is 44.0 Å². The first-order valence-electron chi connectivity index (χ1n) is 10.7. The van der Waals surface area contributed by atoms with Gasteiger partial charge in [-0.15, -0.1) is 0 Å². The molecule has 1 aromatic rings. The van der Waals surface area contributed by atoms with Gasteiger partial charge in [0.1, 0.15) is 11.5 Å². The summed E-state index contributed by atoms with van der Waals surface area (Å²) in [7, 11) is 1.75. The fraction of sp³-hybridized carbons (Fsp3) is 0.714. The third-order valence-electron chi connectivity index (χ3n) is 6.01. The van der Waals surface area contributed by atoms with Crippen molar-refractivity contribution >= 4 is 17.7 Å². The van der Waals surface area contributed by atoms with Crippen LogP contribution in [0, 0.1) is 18.8 Å². The molecule has 1 aromatic heterocycles. The largest absolute Gasteiger partial charge is 0.361 e. The van der Waals surface area contributed by atoms with E-state index in [4.69, 9.17) is 4.52 Å². The van der Waals surface area contributed by atoms with Crippen LogP contribution >= 0.6 is 0 Å². The molecular formula is C21H32N4O4. The summed E-state index contributed by atoms with van der Waals surface area (Å²) in [6, 6.07) is 1.72. The molecule has 8 heteroatoms. The van der Waals surface area contributed by atoms with Crippen molar-refractivity contribution in [2.75, 3.05) is 13.6 Å². The Bertz CT molecular complexity index is 726. The Morgan fingerprint density at radius 2 is 1.86 bits per heavy atom. The molecule has 1 saturated carbocycles. The minimum Gasteiger partial charge on any atom is -0.361 e. The number of carbonyl (C=O) groups excluding carboxylic acids is 3. The van der Waals surface area contributed by atoms with Crippen LogP contribution in [-0.4, -0.2) is 47.4 Å². The molecule has 0 bridgehead atoms. The second-order valence-electron chi connectivity index (χ2n) is 8.44. The van der Waals surface area contributed by atoms with Gasteiger partial charge in [0.25, 0.3) is 0 Å². The van der Waals surface area contributed by atoms with Gasteiger partial charge in [-0.05, 0) is 32.6 Å². The Hall–Kier alpha value is -2.38. The van der Waals surface area contributed by atoms with Crippen LogP contribution in [0.4, 0.5) is 0 Å². The van der Waals surface area contributed by atoms with Crippen LogP contribution in [0.15, 0.2) is 10.6 Å². The van der Waals surface area contributed by atoms with Gasteiger partial charge in [-0.25, -0.2) is 0 Å². The van der Waals surface area contributed by atoms with Crippen LogP contribution in [0.25, 0.3) is 0 Å². The van der Waals surface area contributed by atoms with E-state index in [0.29, 0.717) is 24.4 Å². The highest BCUT2D eigenvalue weighted by molar-refractivity contribution is 5.86. The molecule has 2 aliphatic rings. The lowest BCUT2D eigenvalue weighted by Crippen LogP contribution is -2.45. The predicted molar refractivity (Wildman–Crippen MR) is 107 cm³/mol. The molecule has 0 aromatic carbocycles. The standard InChI is InChI=1S/C21H32N4O4/c1-14-10-18(24-29-14)12-22-20(27)16-8-5-9-17(13-25(2)19(26)11-16)23-21(28)15-6-3-4-7-15/h10,15-17H,3-9,11-13H2,1-2H3,(H,22,27)(H,23,28). The highest BCUT2D eigenvalue weighted by Crippen LogP contribution is 2.25. The lowest BCUT2D eigenvalue weighted by atomic mass is 9.96. The molecule has 2 fully saturated rings. The fourth-order valence-electron chi connectivity index (χ4n) is 4.27. The van der Waals surface area contributed by atoms with E-state index in [2.05, 4.69) is 15.8 Å². The highest BCUT2D eigenvalue weighted by atomic mass is 16.5. The zero-order valence-electron chi connectivity index (χ0n) is 17.4. The van der Waals surface area contributed by atoms with E-state index >= 15 is 0 Å². The Labute approximate surface area is 171 Å². The number of rotatable bonds is 5. The molecule has 2 unspecified atom stereocenters. The summed E-state index contributed by atoms with van der Waals surface area (Å²) in [6.07, 6.45) is 6.52. The monoisotopic (exact) mass is 404 g/mol. The first-order chi connectivity index (χ1) is 13.9. The second kappa shape index (κ2) is 9.89. The number of nitrogens with zero attached hydrogens (tertiary/aromatic N) is 2. The van der Waals surface area contributed by atoms with Crippen LogP contribution in [0.2, 0.25) is 0 Å². The fourth-order valence-corrected chi connectivity index (χ4v) is 4.27. The first kappa shape index (κ1) is 21.3. The Kier molecular flexibility index (Phi) is 7.28. The molecule has 2 atom stereocenters. The Morgan fingerprint density at radius 1 is 1.14 bits per heavy atom. The molecule has 0 radical (unpaired) electrons. The van der Waals surface area contributed by atoms with Crippen LogP contribution in [0.5, 0.6) is 0 Å². The number of nitrogens with one attached hydrogen (secondary N) is 2. The maximum atomic E-state index is 12.6. The van der Waals surface area contributed by atoms with E-state index in [0.717, 1.165) is 38.5 Å². The number of amides is 3. The van der Waals surface area contributed by atoms with Crippen molar-refractivity contribution in [1.29, 1.82) is 0 Å². The van der Waals surface area contributed by atoms with Gasteiger partial charge in [-0.1, -0.05) is 24.4 Å². The summed E-state index contributed by atoms with van der Waals surface area (Å²) >= 11 is 0. The van der Waals surface area contributed by atoms with Gasteiger partial charge in [-0.3, -0.25) is 14.4 Å². The molecule has 1 saturated heterocycles. The molecule has 3 amide bonds. The zero-order valence-corrected chi connectivity index (χ0v) is 17.4. The van der Waals surface area contributed by atoms with Gasteiger partial charge >= 0.3 is 0 Å². The summed E-state index contributed by atoms with van der Waals surface area (Å²) in [5, 5.41) is 9.89. The van der Waals surface area contributed by atoms with Crippen LogP contribution in [0.1, 0.15) is 62.8 Å². The van der Waals surface area contributed by atoms with Crippen molar-refractivity contribution < 1.29 is 18.9 Å². The van der Waals surface area contributed by atoms with Crippen LogP contribution in [0.3, 0.4) is 0 Å². The normalized spacial score (nSPS) is 23.9. The molecule has 8 nitrogen and oxygen atoms in total. The summed E-state index contributed by atoms with van der Waals surface area (Å²) in [4.78, 5) is 39.4. The van der Waals surface area contributed by atoms with Gasteiger partial charge in [-0.2, -0.15) is 0 Å². The van der Waals surface area contributed by atoms with E-state index in [1.807, 2.05) is 0 Å². The minimum absolute atomic E-state index is 0.0584. The van der Waals surface area contributed by atoms with Crippen molar-refractivity contribution in [2.45, 2.75) is 70.9 Å². The first-order valence-corrected chi connectivity index (χ1v) is 10.7. The van der Waals surface area contributed by atoms with Crippen molar-refractivity contribution in [3.05, 3.63) is 17.5 Å². The molecule has 3 rings (SSSR count). The molecule has 1 aliphatic carbocycles. The molecule has 2 N–H and O–H groups in total. The number of aryl methyl sites for hydroxylation is 1. The number of likely N-dealkylation sites (N-methyl/N-ethyl adjacent to an activating group) is 1. The predicted octanol–water partition coefficient (Wildman–Crippen LogP) is 1.92. The quantitative estimate of drug-likeness (QED) is 0.780. The van der Waals surface area contributed by atoms with Crippen LogP contribution < -0.4 is 10.6 Å². The Balaban J connectivity index is 1.54. The third-order valence-corrected chi connectivity index (χ3v) is 6.01. The minimum atomic E-state index is -0.373. The van der Waals surface area contributed by atoms with Gasteiger partial charge in [0.2, 0.25) is 17.7 Å². The van der Waals surface area contributed by atoms with Crippen molar-refractivity contribution in [1.82, 2.24) is 20.7 Å². The highest BCUT2D eigenvalue weighted by Gasteiger charge is 2.29. The summed E-state index contributed by atoms with van der Waals surface area (Å²) in [5.74, 6) is 0.346. The average molecular weight is 405 g/mol. The van der Waals surface area contributed by atoms with Gasteiger partial charge < -0.3 is 20.1 Å².